The Bertz CT molecular complexity index is 326. The number of rotatable bonds is 4. The topological polar surface area (TPSA) is 51.4 Å². The number of hydrogen-bond acceptors (Lipinski definition) is 4. The van der Waals surface area contributed by atoms with Crippen LogP contribution in [0, 0.1) is 0 Å². The van der Waals surface area contributed by atoms with Crippen LogP contribution in [0.1, 0.15) is 19.8 Å². The number of anilines is 2. The van der Waals surface area contributed by atoms with Crippen LogP contribution in [0.3, 0.4) is 0 Å². The number of nitrogens with two attached hydrogens (primary N) is 1. The van der Waals surface area contributed by atoms with Gasteiger partial charge in [0.25, 0.3) is 0 Å². The SMILES string of the molecule is CCOC[C@H]1CCCN1c1ccc(N)cn1. The first kappa shape index (κ1) is 11.2. The Hall–Kier alpha value is -1.29. The molecule has 0 unspecified atom stereocenters. The Morgan fingerprint density at radius 2 is 2.44 bits per heavy atom. The highest BCUT2D eigenvalue weighted by molar-refractivity contribution is 5.47. The first-order valence-corrected chi connectivity index (χ1v) is 5.87. The molecule has 0 bridgehead atoms. The van der Waals surface area contributed by atoms with Crippen LogP contribution in [-0.2, 0) is 4.74 Å². The molecule has 1 aromatic rings. The van der Waals surface area contributed by atoms with Gasteiger partial charge in [0.05, 0.1) is 24.5 Å². The second-order valence-corrected chi connectivity index (χ2v) is 4.10. The van der Waals surface area contributed by atoms with Crippen LogP contribution in [0.4, 0.5) is 11.5 Å². The van der Waals surface area contributed by atoms with Crippen LogP contribution in [0.5, 0.6) is 0 Å². The van der Waals surface area contributed by atoms with Gasteiger partial charge in [0, 0.05) is 13.2 Å². The maximum Gasteiger partial charge on any atom is 0.128 e. The van der Waals surface area contributed by atoms with Crippen molar-refractivity contribution in [3.63, 3.8) is 0 Å². The summed E-state index contributed by atoms with van der Waals surface area (Å²) in [6, 6.07) is 4.36. The average molecular weight is 221 g/mol. The summed E-state index contributed by atoms with van der Waals surface area (Å²) in [5.41, 5.74) is 6.35. The van der Waals surface area contributed by atoms with Crippen molar-refractivity contribution in [2.45, 2.75) is 25.8 Å². The van der Waals surface area contributed by atoms with Gasteiger partial charge in [0.1, 0.15) is 5.82 Å². The van der Waals surface area contributed by atoms with E-state index in [-0.39, 0.29) is 0 Å². The van der Waals surface area contributed by atoms with E-state index in [2.05, 4.69) is 9.88 Å². The summed E-state index contributed by atoms with van der Waals surface area (Å²) < 4.78 is 5.50. The Kier molecular flexibility index (Phi) is 3.62. The van der Waals surface area contributed by atoms with E-state index < -0.39 is 0 Å². The zero-order valence-corrected chi connectivity index (χ0v) is 9.72. The largest absolute Gasteiger partial charge is 0.397 e. The van der Waals surface area contributed by atoms with E-state index in [0.29, 0.717) is 11.7 Å². The van der Waals surface area contributed by atoms with E-state index in [1.807, 2.05) is 19.1 Å². The van der Waals surface area contributed by atoms with Crippen LogP contribution in [0.15, 0.2) is 18.3 Å². The molecule has 1 aromatic heterocycles. The lowest BCUT2D eigenvalue weighted by Gasteiger charge is -2.25. The molecule has 0 saturated carbocycles. The Morgan fingerprint density at radius 1 is 1.56 bits per heavy atom. The quantitative estimate of drug-likeness (QED) is 0.840. The summed E-state index contributed by atoms with van der Waals surface area (Å²) in [5.74, 6) is 1.01. The molecule has 1 aliphatic heterocycles. The molecule has 1 saturated heterocycles. The molecule has 0 amide bonds. The monoisotopic (exact) mass is 221 g/mol. The summed E-state index contributed by atoms with van der Waals surface area (Å²) >= 11 is 0. The molecule has 2 N–H and O–H groups in total. The predicted octanol–water partition coefficient (Wildman–Crippen LogP) is 1.67. The normalized spacial score (nSPS) is 20.3. The van der Waals surface area contributed by atoms with Gasteiger partial charge < -0.3 is 15.4 Å². The number of hydrogen-bond donors (Lipinski definition) is 1. The minimum absolute atomic E-state index is 0.469. The maximum absolute atomic E-state index is 5.63. The fraction of sp³-hybridized carbons (Fsp3) is 0.583. The lowest BCUT2D eigenvalue weighted by Crippen LogP contribution is -2.33. The first-order valence-electron chi connectivity index (χ1n) is 5.87. The predicted molar refractivity (Wildman–Crippen MR) is 65.5 cm³/mol. The molecule has 16 heavy (non-hydrogen) atoms. The third-order valence-electron chi connectivity index (χ3n) is 2.96. The van der Waals surface area contributed by atoms with E-state index >= 15 is 0 Å². The fourth-order valence-electron chi connectivity index (χ4n) is 2.13. The van der Waals surface area contributed by atoms with Gasteiger partial charge in [-0.1, -0.05) is 0 Å². The molecular weight excluding hydrogens is 202 g/mol. The van der Waals surface area contributed by atoms with E-state index in [1.165, 1.54) is 12.8 Å². The van der Waals surface area contributed by atoms with Gasteiger partial charge in [-0.25, -0.2) is 4.98 Å². The molecule has 4 nitrogen and oxygen atoms in total. The molecule has 1 aliphatic rings. The third-order valence-corrected chi connectivity index (χ3v) is 2.96. The van der Waals surface area contributed by atoms with Crippen molar-refractivity contribution in [3.05, 3.63) is 18.3 Å². The zero-order chi connectivity index (χ0) is 11.4. The number of ether oxygens (including phenoxy) is 1. The molecular formula is C12H19N3O. The minimum atomic E-state index is 0.469. The van der Waals surface area contributed by atoms with Gasteiger partial charge in [0.2, 0.25) is 0 Å². The van der Waals surface area contributed by atoms with Crippen molar-refractivity contribution in [1.82, 2.24) is 4.98 Å². The molecule has 0 spiro atoms. The number of aromatic nitrogens is 1. The molecule has 1 fully saturated rings. The Labute approximate surface area is 96.4 Å². The van der Waals surface area contributed by atoms with Gasteiger partial charge in [-0.15, -0.1) is 0 Å². The van der Waals surface area contributed by atoms with E-state index in [9.17, 15) is 0 Å². The van der Waals surface area contributed by atoms with E-state index in [4.69, 9.17) is 10.5 Å². The van der Waals surface area contributed by atoms with Crippen molar-refractivity contribution in [2.24, 2.45) is 0 Å². The Morgan fingerprint density at radius 3 is 3.12 bits per heavy atom. The van der Waals surface area contributed by atoms with Gasteiger partial charge >= 0.3 is 0 Å². The number of nitrogens with zero attached hydrogens (tertiary/aromatic N) is 2. The van der Waals surface area contributed by atoms with E-state index in [0.717, 1.165) is 25.6 Å². The van der Waals surface area contributed by atoms with Crippen LogP contribution in [0.25, 0.3) is 0 Å². The van der Waals surface area contributed by atoms with E-state index in [1.54, 1.807) is 6.20 Å². The van der Waals surface area contributed by atoms with Gasteiger partial charge in [0.15, 0.2) is 0 Å². The zero-order valence-electron chi connectivity index (χ0n) is 9.72. The molecule has 2 rings (SSSR count). The van der Waals surface area contributed by atoms with Crippen LogP contribution in [-0.4, -0.2) is 30.8 Å². The second kappa shape index (κ2) is 5.16. The van der Waals surface area contributed by atoms with Crippen LogP contribution < -0.4 is 10.6 Å². The Balaban J connectivity index is 2.04. The van der Waals surface area contributed by atoms with Gasteiger partial charge in [-0.05, 0) is 31.9 Å². The highest BCUT2D eigenvalue weighted by Gasteiger charge is 2.25. The molecule has 0 radical (unpaired) electrons. The summed E-state index contributed by atoms with van der Waals surface area (Å²) in [6.07, 6.45) is 4.11. The smallest absolute Gasteiger partial charge is 0.128 e. The standard InChI is InChI=1S/C12H19N3O/c1-2-16-9-11-4-3-7-15(11)12-6-5-10(13)8-14-12/h5-6,8,11H,2-4,7,9,13H2,1H3/t11-/m1/s1. The van der Waals surface area contributed by atoms with Gasteiger partial charge in [-0.2, -0.15) is 0 Å². The summed E-state index contributed by atoms with van der Waals surface area (Å²) in [4.78, 5) is 6.68. The third kappa shape index (κ3) is 2.44. The molecule has 4 heteroatoms. The van der Waals surface area contributed by atoms with Crippen molar-refractivity contribution in [2.75, 3.05) is 30.4 Å². The maximum atomic E-state index is 5.63. The summed E-state index contributed by atoms with van der Waals surface area (Å²) in [6.45, 7) is 4.66. The van der Waals surface area contributed by atoms with Crippen molar-refractivity contribution in [1.29, 1.82) is 0 Å². The van der Waals surface area contributed by atoms with Crippen molar-refractivity contribution in [3.8, 4) is 0 Å². The molecule has 88 valence electrons. The lowest BCUT2D eigenvalue weighted by molar-refractivity contribution is 0.134. The lowest BCUT2D eigenvalue weighted by atomic mass is 10.2. The molecule has 0 aromatic carbocycles. The molecule has 0 aliphatic carbocycles. The highest BCUT2D eigenvalue weighted by atomic mass is 16.5. The summed E-state index contributed by atoms with van der Waals surface area (Å²) in [5, 5.41) is 0. The highest BCUT2D eigenvalue weighted by Crippen LogP contribution is 2.24. The molecule has 1 atom stereocenters. The minimum Gasteiger partial charge on any atom is -0.397 e. The number of pyridine rings is 1. The average Bonchev–Trinajstić information content (AvgIpc) is 2.75. The molecule has 2 heterocycles. The van der Waals surface area contributed by atoms with Crippen LogP contribution >= 0.6 is 0 Å². The first-order chi connectivity index (χ1) is 7.81. The van der Waals surface area contributed by atoms with Gasteiger partial charge in [-0.3, -0.25) is 0 Å². The number of nitrogen functional groups attached to an aromatic ring is 1. The van der Waals surface area contributed by atoms with Crippen molar-refractivity contribution >= 4 is 11.5 Å². The summed E-state index contributed by atoms with van der Waals surface area (Å²) in [7, 11) is 0. The second-order valence-electron chi connectivity index (χ2n) is 4.10. The van der Waals surface area contributed by atoms with Crippen molar-refractivity contribution < 1.29 is 4.74 Å². The van der Waals surface area contributed by atoms with Crippen LogP contribution in [0.2, 0.25) is 0 Å². The fourth-order valence-corrected chi connectivity index (χ4v) is 2.13.